The molecule has 1 fully saturated rings. The molecule has 1 aliphatic heterocycles. The molecule has 34 heavy (non-hydrogen) atoms. The van der Waals surface area contributed by atoms with Gasteiger partial charge >= 0.3 is 12.2 Å². The summed E-state index contributed by atoms with van der Waals surface area (Å²) in [6.07, 6.45) is -1.67. The summed E-state index contributed by atoms with van der Waals surface area (Å²) in [5.74, 6) is -1.21. The molecule has 1 saturated heterocycles. The lowest BCUT2D eigenvalue weighted by Crippen LogP contribution is -2.41. The van der Waals surface area contributed by atoms with Crippen LogP contribution >= 0.6 is 11.3 Å². The van der Waals surface area contributed by atoms with E-state index in [0.717, 1.165) is 17.4 Å². The number of rotatable bonds is 5. The molecule has 0 spiro atoms. The summed E-state index contributed by atoms with van der Waals surface area (Å²) in [4.78, 5) is 30.3. The molecule has 1 atom stereocenters. The largest absolute Gasteiger partial charge is 0.465 e. The zero-order chi connectivity index (χ0) is 25.4. The first kappa shape index (κ1) is 25.7. The van der Waals surface area contributed by atoms with Crippen molar-refractivity contribution in [2.45, 2.75) is 50.7 Å². The smallest absolute Gasteiger partial charge is 0.430 e. The number of hydrogen-bond acceptors (Lipinski definition) is 8. The summed E-state index contributed by atoms with van der Waals surface area (Å²) < 4.78 is 48.0. The van der Waals surface area contributed by atoms with E-state index in [1.54, 1.807) is 32.7 Å². The molecule has 186 valence electrons. The molecule has 0 saturated carbocycles. The molecule has 2 amide bonds. The number of likely N-dealkylation sites (tertiary alicyclic amines) is 1. The van der Waals surface area contributed by atoms with Crippen LogP contribution in [0, 0.1) is 12.7 Å². The Labute approximate surface area is 201 Å². The number of sulfonamides is 1. The summed E-state index contributed by atoms with van der Waals surface area (Å²) in [7, 11) is -3.00. The van der Waals surface area contributed by atoms with E-state index < -0.39 is 38.5 Å². The second kappa shape index (κ2) is 9.37. The van der Waals surface area contributed by atoms with Gasteiger partial charge in [0.05, 0.1) is 5.51 Å². The number of likely N-dealkylation sites (N-methyl/N-ethyl adjacent to an activating group) is 1. The summed E-state index contributed by atoms with van der Waals surface area (Å²) in [5, 5.41) is 10.5. The van der Waals surface area contributed by atoms with Gasteiger partial charge in [0.15, 0.2) is 5.82 Å². The van der Waals surface area contributed by atoms with E-state index >= 15 is 4.39 Å². The topological polar surface area (TPSA) is 120 Å². The molecule has 13 heteroatoms. The number of ether oxygens (including phenoxy) is 1. The maximum Gasteiger partial charge on any atom is 0.430 e. The predicted molar refractivity (Wildman–Crippen MR) is 126 cm³/mol. The molecule has 1 N–H and O–H groups in total. The average Bonchev–Trinajstić information content (AvgIpc) is 3.40. The fourth-order valence-electron chi connectivity index (χ4n) is 3.68. The van der Waals surface area contributed by atoms with Crippen LogP contribution in [-0.4, -0.2) is 67.4 Å². The highest BCUT2D eigenvalue weighted by molar-refractivity contribution is 7.93. The van der Waals surface area contributed by atoms with Gasteiger partial charge in [-0.25, -0.2) is 27.4 Å². The first-order valence-corrected chi connectivity index (χ1v) is 12.8. The minimum Gasteiger partial charge on any atom is -0.465 e. The molecule has 0 bridgehead atoms. The number of benzene rings is 1. The van der Waals surface area contributed by atoms with Gasteiger partial charge in [-0.1, -0.05) is 0 Å². The number of carbonyl (C=O) groups excluding carboxylic acids is 1. The van der Waals surface area contributed by atoms with E-state index in [1.807, 2.05) is 0 Å². The molecule has 2 heterocycles. The van der Waals surface area contributed by atoms with Crippen molar-refractivity contribution in [3.8, 4) is 0 Å². The Morgan fingerprint density at radius 1 is 1.32 bits per heavy atom. The lowest BCUT2D eigenvalue weighted by molar-refractivity contribution is 0.0608. The number of nitrogens with zero attached hydrogens (tertiary/aromatic N) is 4. The van der Waals surface area contributed by atoms with Crippen LogP contribution in [0.3, 0.4) is 0 Å². The third-order valence-electron chi connectivity index (χ3n) is 5.39. The Morgan fingerprint density at radius 3 is 2.53 bits per heavy atom. The molecule has 1 aliphatic rings. The van der Waals surface area contributed by atoms with E-state index in [-0.39, 0.29) is 24.0 Å². The van der Waals surface area contributed by atoms with Gasteiger partial charge in [0.25, 0.3) is 10.0 Å². The van der Waals surface area contributed by atoms with Crippen LogP contribution in [0.15, 0.2) is 27.9 Å². The second-order valence-corrected chi connectivity index (χ2v) is 11.4. The molecule has 2 aromatic rings. The Morgan fingerprint density at radius 2 is 2.00 bits per heavy atom. The zero-order valence-corrected chi connectivity index (χ0v) is 21.1. The van der Waals surface area contributed by atoms with E-state index in [1.165, 1.54) is 28.8 Å². The average molecular weight is 515 g/mol. The maximum absolute atomic E-state index is 15.5. The first-order valence-electron chi connectivity index (χ1n) is 10.4. The Hall–Kier alpha value is -2.93. The number of carbonyl (C=O) groups is 2. The number of amides is 2. The van der Waals surface area contributed by atoms with Crippen molar-refractivity contribution in [3.05, 3.63) is 34.4 Å². The number of carboxylic acid groups (broad SMARTS) is 1. The number of halogens is 1. The summed E-state index contributed by atoms with van der Waals surface area (Å²) in [6.45, 7) is 6.80. The summed E-state index contributed by atoms with van der Waals surface area (Å²) in [5.41, 5.74) is 0.836. The molecule has 1 aromatic carbocycles. The molecular weight excluding hydrogens is 487 g/mol. The van der Waals surface area contributed by atoms with Gasteiger partial charge in [-0.05, 0) is 46.2 Å². The van der Waals surface area contributed by atoms with E-state index in [2.05, 4.69) is 4.98 Å². The molecule has 10 nitrogen and oxygen atoms in total. The van der Waals surface area contributed by atoms with Gasteiger partial charge in [0.1, 0.15) is 16.3 Å². The third-order valence-corrected chi connectivity index (χ3v) is 7.65. The lowest BCUT2D eigenvalue weighted by Gasteiger charge is -2.29. The van der Waals surface area contributed by atoms with Crippen LogP contribution in [-0.2, 0) is 14.8 Å². The Kier molecular flexibility index (Phi) is 7.08. The second-order valence-electron chi connectivity index (χ2n) is 8.90. The van der Waals surface area contributed by atoms with Crippen molar-refractivity contribution in [2.75, 3.05) is 29.3 Å². The van der Waals surface area contributed by atoms with Crippen molar-refractivity contribution in [1.29, 1.82) is 0 Å². The highest BCUT2D eigenvalue weighted by atomic mass is 32.2. The number of anilines is 2. The number of hydrogen-bond donors (Lipinski definition) is 1. The first-order chi connectivity index (χ1) is 15.7. The van der Waals surface area contributed by atoms with Crippen molar-refractivity contribution >= 4 is 45.1 Å². The molecular formula is C21H27FN4O6S2. The van der Waals surface area contributed by atoms with Crippen LogP contribution in [0.4, 0.5) is 25.5 Å². The van der Waals surface area contributed by atoms with Gasteiger partial charge < -0.3 is 19.6 Å². The quantitative estimate of drug-likeness (QED) is 0.638. The highest BCUT2D eigenvalue weighted by Crippen LogP contribution is 2.33. The molecule has 0 radical (unpaired) electrons. The SMILES string of the molecule is Cc1c(N(C)C2CCN(C(=O)O)C2)ccc(S(=O)(=O)N(C(=O)OC(C)(C)C)c2cscn2)c1F. The molecule has 1 aromatic heterocycles. The minimum absolute atomic E-state index is 0.0553. The normalized spacial score (nSPS) is 16.4. The zero-order valence-electron chi connectivity index (χ0n) is 19.5. The fourth-order valence-corrected chi connectivity index (χ4v) is 5.66. The van der Waals surface area contributed by atoms with Crippen molar-refractivity contribution < 1.29 is 32.2 Å². The molecule has 0 aliphatic carbocycles. The minimum atomic E-state index is -4.71. The van der Waals surface area contributed by atoms with Crippen LogP contribution in [0.2, 0.25) is 0 Å². The molecule has 1 unspecified atom stereocenters. The molecule has 3 rings (SSSR count). The third kappa shape index (κ3) is 5.09. The monoisotopic (exact) mass is 514 g/mol. The van der Waals surface area contributed by atoms with Crippen molar-refractivity contribution in [3.63, 3.8) is 0 Å². The Balaban J connectivity index is 1.99. The van der Waals surface area contributed by atoms with E-state index in [4.69, 9.17) is 4.74 Å². The van der Waals surface area contributed by atoms with Crippen LogP contribution in [0.25, 0.3) is 0 Å². The van der Waals surface area contributed by atoms with Gasteiger partial charge in [-0.3, -0.25) is 0 Å². The van der Waals surface area contributed by atoms with Crippen LogP contribution in [0.1, 0.15) is 32.8 Å². The van der Waals surface area contributed by atoms with E-state index in [9.17, 15) is 23.1 Å². The lowest BCUT2D eigenvalue weighted by atomic mass is 10.1. The van der Waals surface area contributed by atoms with E-state index in [0.29, 0.717) is 23.0 Å². The van der Waals surface area contributed by atoms with Gasteiger partial charge in [0.2, 0.25) is 0 Å². The predicted octanol–water partition coefficient (Wildman–Crippen LogP) is 3.91. The van der Waals surface area contributed by atoms with Gasteiger partial charge in [-0.2, -0.15) is 0 Å². The fraction of sp³-hybridized carbons (Fsp3) is 0.476. The van der Waals surface area contributed by atoms with Crippen molar-refractivity contribution in [2.24, 2.45) is 0 Å². The summed E-state index contributed by atoms with van der Waals surface area (Å²) >= 11 is 1.07. The van der Waals surface area contributed by atoms with Gasteiger partial charge in [0, 0.05) is 42.8 Å². The maximum atomic E-state index is 15.5. The number of aromatic nitrogens is 1. The standard InChI is InChI=1S/C21H27FN4O6S2/c1-13-15(24(5)14-8-9-25(10-14)19(27)28)6-7-16(18(13)22)34(30,31)26(17-11-33-12-23-17)20(29)32-21(2,3)4/h6-7,11-12,14H,8-10H2,1-5H3,(H,27,28). The van der Waals surface area contributed by atoms with Gasteiger partial charge in [-0.15, -0.1) is 15.6 Å². The van der Waals surface area contributed by atoms with Crippen molar-refractivity contribution in [1.82, 2.24) is 9.88 Å². The van der Waals surface area contributed by atoms with Crippen LogP contribution in [0.5, 0.6) is 0 Å². The highest BCUT2D eigenvalue weighted by Gasteiger charge is 2.38. The van der Waals surface area contributed by atoms with Crippen LogP contribution < -0.4 is 9.21 Å². The Bertz CT molecular complexity index is 1180. The summed E-state index contributed by atoms with van der Waals surface area (Å²) in [6, 6.07) is 2.35. The number of thiazole rings is 1.